The van der Waals surface area contributed by atoms with Crippen LogP contribution >= 0.6 is 0 Å². The Morgan fingerprint density at radius 1 is 1.35 bits per heavy atom. The highest BCUT2D eigenvalue weighted by atomic mass is 16.6. The van der Waals surface area contributed by atoms with Crippen LogP contribution in [0.3, 0.4) is 0 Å². The summed E-state index contributed by atoms with van der Waals surface area (Å²) in [5.74, 6) is 0.682. The van der Waals surface area contributed by atoms with E-state index in [-0.39, 0.29) is 0 Å². The minimum atomic E-state index is -0.507. The summed E-state index contributed by atoms with van der Waals surface area (Å²) in [7, 11) is 1.94. The van der Waals surface area contributed by atoms with Crippen molar-refractivity contribution in [2.45, 2.75) is 32.9 Å². The number of aromatic nitrogens is 1. The molecule has 1 heterocycles. The number of carbonyl (C=O) groups is 1. The zero-order valence-corrected chi connectivity index (χ0v) is 15.6. The van der Waals surface area contributed by atoms with Gasteiger partial charge in [-0.3, -0.25) is 4.90 Å². The zero-order chi connectivity index (χ0) is 19.2. The largest absolute Gasteiger partial charge is 0.444 e. The second-order valence-corrected chi connectivity index (χ2v) is 6.98. The average Bonchev–Trinajstić information content (AvgIpc) is 3.01. The van der Waals surface area contributed by atoms with Crippen molar-refractivity contribution in [3.63, 3.8) is 0 Å². The Bertz CT molecular complexity index is 769. The number of carbonyl (C=O) groups excluding carboxylic acids is 1. The van der Waals surface area contributed by atoms with Crippen LogP contribution in [-0.2, 0) is 11.3 Å². The molecule has 1 aromatic carbocycles. The molecule has 0 spiro atoms. The number of nitrogens with one attached hydrogen (secondary N) is 1. The van der Waals surface area contributed by atoms with Crippen molar-refractivity contribution in [1.29, 1.82) is 5.26 Å². The van der Waals surface area contributed by atoms with Gasteiger partial charge in [0.2, 0.25) is 0 Å². The molecule has 1 aromatic heterocycles. The fourth-order valence-corrected chi connectivity index (χ4v) is 2.31. The van der Waals surface area contributed by atoms with Gasteiger partial charge in [0.1, 0.15) is 11.3 Å². The summed E-state index contributed by atoms with van der Waals surface area (Å²) >= 11 is 0. The van der Waals surface area contributed by atoms with Gasteiger partial charge in [-0.2, -0.15) is 5.26 Å². The number of ether oxygens (including phenoxy) is 1. The van der Waals surface area contributed by atoms with Gasteiger partial charge in [0, 0.05) is 25.2 Å². The van der Waals surface area contributed by atoms with Gasteiger partial charge in [-0.15, -0.1) is 0 Å². The van der Waals surface area contributed by atoms with E-state index in [4.69, 9.17) is 14.4 Å². The van der Waals surface area contributed by atoms with E-state index in [0.29, 0.717) is 31.0 Å². The van der Waals surface area contributed by atoms with Gasteiger partial charge < -0.3 is 14.5 Å². The molecule has 0 saturated heterocycles. The molecular formula is C19H24N4O3. The Morgan fingerprint density at radius 2 is 2.04 bits per heavy atom. The maximum atomic E-state index is 11.6. The fourth-order valence-electron chi connectivity index (χ4n) is 2.31. The fraction of sp³-hybridized carbons (Fsp3) is 0.421. The molecule has 0 aliphatic heterocycles. The summed E-state index contributed by atoms with van der Waals surface area (Å²) in [5, 5.41) is 11.6. The highest BCUT2D eigenvalue weighted by Crippen LogP contribution is 2.24. The number of alkyl carbamates (subject to hydrolysis) is 1. The molecule has 1 amide bonds. The lowest BCUT2D eigenvalue weighted by Crippen LogP contribution is -2.36. The van der Waals surface area contributed by atoms with E-state index in [1.807, 2.05) is 44.9 Å². The highest BCUT2D eigenvalue weighted by Gasteiger charge is 2.16. The Labute approximate surface area is 153 Å². The lowest BCUT2D eigenvalue weighted by Gasteiger charge is -2.21. The standard InChI is InChI=1S/C19H24N4O3/c1-19(2,3)26-18(24)21-9-10-23(4)12-16-17(25-13-22-16)15-7-5-14(11-20)6-8-15/h5-8,13H,9-10,12H2,1-4H3,(H,21,24). The predicted molar refractivity (Wildman–Crippen MR) is 97.2 cm³/mol. The predicted octanol–water partition coefficient (Wildman–Crippen LogP) is 3.17. The van der Waals surface area contributed by atoms with Crippen molar-refractivity contribution >= 4 is 6.09 Å². The van der Waals surface area contributed by atoms with E-state index < -0.39 is 11.7 Å². The SMILES string of the molecule is CN(CCNC(=O)OC(C)(C)C)Cc1ncoc1-c1ccc(C#N)cc1. The minimum absolute atomic E-state index is 0.425. The van der Waals surface area contributed by atoms with Gasteiger partial charge in [-0.1, -0.05) is 0 Å². The van der Waals surface area contributed by atoms with Crippen molar-refractivity contribution in [2.24, 2.45) is 0 Å². The number of nitrogens with zero attached hydrogens (tertiary/aromatic N) is 3. The van der Waals surface area contributed by atoms with Gasteiger partial charge in [-0.05, 0) is 52.1 Å². The van der Waals surface area contributed by atoms with Crippen LogP contribution < -0.4 is 5.32 Å². The first-order valence-electron chi connectivity index (χ1n) is 8.37. The maximum Gasteiger partial charge on any atom is 0.407 e. The summed E-state index contributed by atoms with van der Waals surface area (Å²) in [6, 6.07) is 9.27. The molecule has 0 unspecified atom stereocenters. The monoisotopic (exact) mass is 356 g/mol. The normalized spacial score (nSPS) is 11.2. The van der Waals surface area contributed by atoms with Crippen molar-refractivity contribution in [3.8, 4) is 17.4 Å². The van der Waals surface area contributed by atoms with E-state index >= 15 is 0 Å². The second kappa shape index (κ2) is 8.50. The van der Waals surface area contributed by atoms with Crippen molar-refractivity contribution in [3.05, 3.63) is 41.9 Å². The molecule has 0 radical (unpaired) electrons. The van der Waals surface area contributed by atoms with E-state index in [1.54, 1.807) is 12.1 Å². The Kier molecular flexibility index (Phi) is 6.36. The average molecular weight is 356 g/mol. The molecule has 0 saturated carbocycles. The van der Waals surface area contributed by atoms with Crippen LogP contribution in [-0.4, -0.2) is 41.7 Å². The van der Waals surface area contributed by atoms with Gasteiger partial charge in [-0.25, -0.2) is 9.78 Å². The van der Waals surface area contributed by atoms with Crippen LogP contribution in [0.5, 0.6) is 0 Å². The minimum Gasteiger partial charge on any atom is -0.444 e. The molecule has 138 valence electrons. The number of nitriles is 1. The third-order valence-corrected chi connectivity index (χ3v) is 3.50. The molecule has 2 rings (SSSR count). The molecule has 2 aromatic rings. The van der Waals surface area contributed by atoms with Crippen LogP contribution in [0, 0.1) is 11.3 Å². The van der Waals surface area contributed by atoms with Crippen molar-refractivity contribution < 1.29 is 13.9 Å². The summed E-state index contributed by atoms with van der Waals surface area (Å²) < 4.78 is 10.7. The molecule has 0 aliphatic carbocycles. The van der Waals surface area contributed by atoms with Crippen LogP contribution in [0.2, 0.25) is 0 Å². The first-order valence-corrected chi connectivity index (χ1v) is 8.37. The lowest BCUT2D eigenvalue weighted by atomic mass is 10.1. The molecule has 26 heavy (non-hydrogen) atoms. The van der Waals surface area contributed by atoms with Crippen molar-refractivity contribution in [2.75, 3.05) is 20.1 Å². The van der Waals surface area contributed by atoms with E-state index in [1.165, 1.54) is 6.39 Å². The molecule has 7 heteroatoms. The Morgan fingerprint density at radius 3 is 2.65 bits per heavy atom. The number of hydrogen-bond acceptors (Lipinski definition) is 6. The number of rotatable bonds is 6. The van der Waals surface area contributed by atoms with Gasteiger partial charge in [0.25, 0.3) is 0 Å². The number of oxazole rings is 1. The lowest BCUT2D eigenvalue weighted by molar-refractivity contribution is 0.0523. The van der Waals surface area contributed by atoms with E-state index in [2.05, 4.69) is 16.4 Å². The third-order valence-electron chi connectivity index (χ3n) is 3.50. The highest BCUT2D eigenvalue weighted by molar-refractivity contribution is 5.67. The number of hydrogen-bond donors (Lipinski definition) is 1. The molecule has 0 fully saturated rings. The number of amides is 1. The van der Waals surface area contributed by atoms with Gasteiger partial charge in [0.15, 0.2) is 12.2 Å². The summed E-state index contributed by atoms with van der Waals surface area (Å²) in [6.07, 6.45) is 0.987. The Balaban J connectivity index is 1.88. The van der Waals surface area contributed by atoms with E-state index in [9.17, 15) is 4.79 Å². The maximum absolute atomic E-state index is 11.6. The topological polar surface area (TPSA) is 91.4 Å². The van der Waals surface area contributed by atoms with Crippen LogP contribution in [0.1, 0.15) is 32.0 Å². The zero-order valence-electron chi connectivity index (χ0n) is 15.6. The van der Waals surface area contributed by atoms with Gasteiger partial charge >= 0.3 is 6.09 Å². The Hall–Kier alpha value is -2.85. The first-order chi connectivity index (χ1) is 12.3. The quantitative estimate of drug-likeness (QED) is 0.855. The van der Waals surface area contributed by atoms with E-state index in [0.717, 1.165) is 11.3 Å². The molecular weight excluding hydrogens is 332 g/mol. The number of likely N-dealkylation sites (N-methyl/N-ethyl adjacent to an activating group) is 1. The molecule has 0 aliphatic rings. The molecule has 1 N–H and O–H groups in total. The summed E-state index contributed by atoms with van der Waals surface area (Å²) in [5.41, 5.74) is 1.76. The molecule has 7 nitrogen and oxygen atoms in total. The van der Waals surface area contributed by atoms with Crippen molar-refractivity contribution in [1.82, 2.24) is 15.2 Å². The second-order valence-electron chi connectivity index (χ2n) is 6.98. The number of benzene rings is 1. The first kappa shape index (κ1) is 19.5. The third kappa shape index (κ3) is 5.90. The molecule has 0 bridgehead atoms. The van der Waals surface area contributed by atoms with Crippen LogP contribution in [0.25, 0.3) is 11.3 Å². The van der Waals surface area contributed by atoms with Gasteiger partial charge in [0.05, 0.1) is 11.6 Å². The smallest absolute Gasteiger partial charge is 0.407 e. The molecule has 0 atom stereocenters. The summed E-state index contributed by atoms with van der Waals surface area (Å²) in [6.45, 7) is 7.16. The van der Waals surface area contributed by atoms with Crippen LogP contribution in [0.4, 0.5) is 4.79 Å². The summed E-state index contributed by atoms with van der Waals surface area (Å²) in [4.78, 5) is 18.0. The van der Waals surface area contributed by atoms with Crippen LogP contribution in [0.15, 0.2) is 35.1 Å².